The van der Waals surface area contributed by atoms with Gasteiger partial charge in [0.25, 0.3) is 0 Å². The van der Waals surface area contributed by atoms with Gasteiger partial charge in [-0.3, -0.25) is 9.59 Å². The number of hydrogen-bond donors (Lipinski definition) is 0. The van der Waals surface area contributed by atoms with Gasteiger partial charge in [-0.25, -0.2) is 4.39 Å². The molecule has 2 heterocycles. The number of likely N-dealkylation sites (tertiary alicyclic amines) is 1. The van der Waals surface area contributed by atoms with Crippen LogP contribution < -0.4 is 0 Å². The minimum absolute atomic E-state index is 0.0351. The third-order valence-electron chi connectivity index (χ3n) is 4.23. The number of hydrogen-bond acceptors (Lipinski definition) is 3. The molecule has 1 aromatic rings. The first-order valence-corrected chi connectivity index (χ1v) is 9.81. The van der Waals surface area contributed by atoms with E-state index in [4.69, 9.17) is 0 Å². The van der Waals surface area contributed by atoms with E-state index >= 15 is 0 Å². The molecular formula is C17H18BrFN2O2S. The first-order chi connectivity index (χ1) is 11.6. The molecular weight excluding hydrogens is 395 g/mol. The molecule has 128 valence electrons. The second-order valence-electron chi connectivity index (χ2n) is 5.86. The lowest BCUT2D eigenvalue weighted by Crippen LogP contribution is -2.47. The summed E-state index contributed by atoms with van der Waals surface area (Å²) in [7, 11) is 0. The van der Waals surface area contributed by atoms with Gasteiger partial charge >= 0.3 is 0 Å². The Bertz CT molecular complexity index is 677. The Morgan fingerprint density at radius 1 is 1.29 bits per heavy atom. The largest absolute Gasteiger partial charge is 0.341 e. The molecule has 1 atom stereocenters. The summed E-state index contributed by atoms with van der Waals surface area (Å²) in [5.74, 6) is 0.515. The summed E-state index contributed by atoms with van der Waals surface area (Å²) in [6.07, 6.45) is 4.87. The Labute approximate surface area is 153 Å². The van der Waals surface area contributed by atoms with Crippen LogP contribution in [0.2, 0.25) is 0 Å². The summed E-state index contributed by atoms with van der Waals surface area (Å²) >= 11 is 4.86. The predicted octanol–water partition coefficient (Wildman–Crippen LogP) is 3.13. The normalized spacial score (nSPS) is 21.0. The zero-order valence-corrected chi connectivity index (χ0v) is 15.5. The summed E-state index contributed by atoms with van der Waals surface area (Å²) in [6, 6.07) is 4.17. The molecule has 7 heteroatoms. The van der Waals surface area contributed by atoms with E-state index in [0.717, 1.165) is 30.4 Å². The molecule has 1 aromatic carbocycles. The summed E-state index contributed by atoms with van der Waals surface area (Å²) in [4.78, 5) is 28.5. The minimum atomic E-state index is -0.405. The van der Waals surface area contributed by atoms with Crippen LogP contribution in [0.25, 0.3) is 6.08 Å². The van der Waals surface area contributed by atoms with E-state index in [9.17, 15) is 14.0 Å². The maximum absolute atomic E-state index is 13.7. The Morgan fingerprint density at radius 2 is 2.04 bits per heavy atom. The van der Waals surface area contributed by atoms with E-state index < -0.39 is 6.04 Å². The monoisotopic (exact) mass is 412 g/mol. The molecule has 1 unspecified atom stereocenters. The molecule has 0 spiro atoms. The topological polar surface area (TPSA) is 40.6 Å². The van der Waals surface area contributed by atoms with Crippen molar-refractivity contribution in [1.82, 2.24) is 9.80 Å². The molecule has 0 saturated carbocycles. The SMILES string of the molecule is O=C(C1CSCN1C(=O)C=Cc1cc(Br)ccc1F)N1CCCC1. The lowest BCUT2D eigenvalue weighted by atomic mass is 10.2. The van der Waals surface area contributed by atoms with Gasteiger partial charge in [0, 0.05) is 35.0 Å². The van der Waals surface area contributed by atoms with Crippen molar-refractivity contribution in [2.45, 2.75) is 18.9 Å². The fourth-order valence-electron chi connectivity index (χ4n) is 2.91. The van der Waals surface area contributed by atoms with Crippen LogP contribution in [0.15, 0.2) is 28.7 Å². The summed E-state index contributed by atoms with van der Waals surface area (Å²) in [5, 5.41) is 0. The number of nitrogens with zero attached hydrogens (tertiary/aromatic N) is 2. The Kier molecular flexibility index (Phi) is 5.61. The Balaban J connectivity index is 1.70. The standard InChI is InChI=1S/C17H18BrFN2O2S/c18-13-4-5-14(19)12(9-13)3-6-16(22)21-11-24-10-15(21)17(23)20-7-1-2-8-20/h3-6,9,15H,1-2,7-8,10-11H2. The van der Waals surface area contributed by atoms with Gasteiger partial charge in [-0.2, -0.15) is 0 Å². The Hall–Kier alpha value is -1.34. The summed E-state index contributed by atoms with van der Waals surface area (Å²) in [6.45, 7) is 1.56. The van der Waals surface area contributed by atoms with Crippen LogP contribution in [0, 0.1) is 5.82 Å². The van der Waals surface area contributed by atoms with E-state index in [1.54, 1.807) is 28.8 Å². The first kappa shape index (κ1) is 17.5. The molecule has 3 rings (SSSR count). The third kappa shape index (κ3) is 3.83. The number of rotatable bonds is 3. The maximum Gasteiger partial charge on any atom is 0.247 e. The maximum atomic E-state index is 13.7. The quantitative estimate of drug-likeness (QED) is 0.716. The number of benzene rings is 1. The molecule has 2 fully saturated rings. The summed E-state index contributed by atoms with van der Waals surface area (Å²) in [5.41, 5.74) is 0.340. The van der Waals surface area contributed by atoms with Crippen molar-refractivity contribution in [3.05, 3.63) is 40.1 Å². The molecule has 0 radical (unpaired) electrons. The average molecular weight is 413 g/mol. The number of carbonyl (C=O) groups excluding carboxylic acids is 2. The van der Waals surface area contributed by atoms with Crippen molar-refractivity contribution in [3.8, 4) is 0 Å². The highest BCUT2D eigenvalue weighted by Crippen LogP contribution is 2.25. The third-order valence-corrected chi connectivity index (χ3v) is 5.74. The molecule has 2 aliphatic heterocycles. The van der Waals surface area contributed by atoms with Gasteiger partial charge in [0.1, 0.15) is 11.9 Å². The van der Waals surface area contributed by atoms with E-state index in [2.05, 4.69) is 15.9 Å². The number of carbonyl (C=O) groups is 2. The fraction of sp³-hybridized carbons (Fsp3) is 0.412. The highest BCUT2D eigenvalue weighted by molar-refractivity contribution is 9.10. The van der Waals surface area contributed by atoms with E-state index in [0.29, 0.717) is 17.2 Å². The molecule has 2 saturated heterocycles. The lowest BCUT2D eigenvalue weighted by Gasteiger charge is -2.26. The van der Waals surface area contributed by atoms with Gasteiger partial charge in [0.15, 0.2) is 0 Å². The molecule has 2 aliphatic rings. The molecule has 2 amide bonds. The Morgan fingerprint density at radius 3 is 2.79 bits per heavy atom. The van der Waals surface area contributed by atoms with Crippen LogP contribution in [0.3, 0.4) is 0 Å². The molecule has 4 nitrogen and oxygen atoms in total. The van der Waals surface area contributed by atoms with Crippen LogP contribution in [-0.2, 0) is 9.59 Å². The molecule has 0 aromatic heterocycles. The highest BCUT2D eigenvalue weighted by atomic mass is 79.9. The molecule has 0 aliphatic carbocycles. The second-order valence-corrected chi connectivity index (χ2v) is 7.77. The molecule has 0 bridgehead atoms. The van der Waals surface area contributed by atoms with E-state index in [-0.39, 0.29) is 17.6 Å². The van der Waals surface area contributed by atoms with Crippen molar-refractivity contribution in [2.24, 2.45) is 0 Å². The van der Waals surface area contributed by atoms with Crippen LogP contribution in [0.4, 0.5) is 4.39 Å². The lowest BCUT2D eigenvalue weighted by molar-refractivity contribution is -0.140. The predicted molar refractivity (Wildman–Crippen MR) is 96.9 cm³/mol. The molecule has 24 heavy (non-hydrogen) atoms. The van der Waals surface area contributed by atoms with Crippen molar-refractivity contribution in [3.63, 3.8) is 0 Å². The van der Waals surface area contributed by atoms with Crippen molar-refractivity contribution < 1.29 is 14.0 Å². The second kappa shape index (κ2) is 7.70. The van der Waals surface area contributed by atoms with Gasteiger partial charge < -0.3 is 9.80 Å². The highest BCUT2D eigenvalue weighted by Gasteiger charge is 2.36. The van der Waals surface area contributed by atoms with Gasteiger partial charge in [0.05, 0.1) is 5.88 Å². The van der Waals surface area contributed by atoms with Crippen LogP contribution in [0.5, 0.6) is 0 Å². The van der Waals surface area contributed by atoms with Crippen molar-refractivity contribution in [2.75, 3.05) is 24.7 Å². The minimum Gasteiger partial charge on any atom is -0.341 e. The first-order valence-electron chi connectivity index (χ1n) is 7.86. The van der Waals surface area contributed by atoms with E-state index in [1.807, 2.05) is 4.90 Å². The van der Waals surface area contributed by atoms with Gasteiger partial charge in [-0.05, 0) is 37.1 Å². The van der Waals surface area contributed by atoms with Gasteiger partial charge in [0.2, 0.25) is 11.8 Å². The smallest absolute Gasteiger partial charge is 0.247 e. The van der Waals surface area contributed by atoms with Crippen LogP contribution in [-0.4, -0.2) is 52.4 Å². The number of thioether (sulfide) groups is 1. The van der Waals surface area contributed by atoms with E-state index in [1.165, 1.54) is 18.2 Å². The van der Waals surface area contributed by atoms with Crippen LogP contribution >= 0.6 is 27.7 Å². The zero-order valence-electron chi connectivity index (χ0n) is 13.1. The van der Waals surface area contributed by atoms with Crippen LogP contribution in [0.1, 0.15) is 18.4 Å². The van der Waals surface area contributed by atoms with Crippen molar-refractivity contribution >= 4 is 45.6 Å². The zero-order chi connectivity index (χ0) is 17.1. The average Bonchev–Trinajstić information content (AvgIpc) is 3.26. The molecule has 0 N–H and O–H groups in total. The fourth-order valence-corrected chi connectivity index (χ4v) is 4.45. The number of amides is 2. The number of halogens is 2. The summed E-state index contributed by atoms with van der Waals surface area (Å²) < 4.78 is 14.5. The van der Waals surface area contributed by atoms with Gasteiger partial charge in [-0.15, -0.1) is 11.8 Å². The van der Waals surface area contributed by atoms with Crippen molar-refractivity contribution in [1.29, 1.82) is 0 Å². The van der Waals surface area contributed by atoms with Gasteiger partial charge in [-0.1, -0.05) is 15.9 Å².